The first-order valence-corrected chi connectivity index (χ1v) is 11.0. The standard InChI is InChI=1S/C22H23F4N5OS/c1-14-4-7-19(33-14)20(2)9-8-18(27-11-20)22(25,26)21(32,12-31-13-30(3)28-29-31)16-6-5-15(23)10-17(16)24/h4-10,32H,11-13H2,1-3H3. The van der Waals surface area contributed by atoms with Crippen LogP contribution >= 0.6 is 11.3 Å². The van der Waals surface area contributed by atoms with Gasteiger partial charge in [-0.3, -0.25) is 15.0 Å². The molecule has 0 radical (unpaired) electrons. The highest BCUT2D eigenvalue weighted by Gasteiger charge is 2.59. The molecule has 2 unspecified atom stereocenters. The van der Waals surface area contributed by atoms with Crippen molar-refractivity contribution in [2.24, 2.45) is 15.4 Å². The maximum absolute atomic E-state index is 15.9. The van der Waals surface area contributed by atoms with E-state index in [0.717, 1.165) is 26.9 Å². The van der Waals surface area contributed by atoms with Crippen LogP contribution in [0.15, 0.2) is 57.9 Å². The fraction of sp³-hybridized carbons (Fsp3) is 0.409. The van der Waals surface area contributed by atoms with Gasteiger partial charge in [0.15, 0.2) is 5.60 Å². The number of β-amino-alcohol motifs (C(OH)–C–C–N with tert-alkyl or cyclic N) is 1. The molecule has 3 heterocycles. The van der Waals surface area contributed by atoms with Crippen molar-refractivity contribution in [1.29, 1.82) is 0 Å². The molecule has 0 fully saturated rings. The minimum Gasteiger partial charge on any atom is -0.377 e. The maximum Gasteiger partial charge on any atom is 0.323 e. The number of hydrogen-bond acceptors (Lipinski definition) is 7. The van der Waals surface area contributed by atoms with Gasteiger partial charge in [0.05, 0.1) is 13.1 Å². The molecule has 2 aliphatic rings. The van der Waals surface area contributed by atoms with E-state index in [1.165, 1.54) is 11.1 Å². The normalized spacial score (nSPS) is 22.6. The zero-order valence-corrected chi connectivity index (χ0v) is 19.1. The quantitative estimate of drug-likeness (QED) is 0.613. The Kier molecular flexibility index (Phi) is 5.81. The van der Waals surface area contributed by atoms with E-state index in [1.807, 2.05) is 26.0 Å². The summed E-state index contributed by atoms with van der Waals surface area (Å²) in [6, 6.07) is 5.99. The molecule has 2 aromatic rings. The predicted molar refractivity (Wildman–Crippen MR) is 117 cm³/mol. The van der Waals surface area contributed by atoms with Gasteiger partial charge in [-0.2, -0.15) is 8.78 Å². The Labute approximate surface area is 192 Å². The van der Waals surface area contributed by atoms with Crippen LogP contribution in [0.2, 0.25) is 0 Å². The number of dihydropyridines is 1. The molecule has 0 saturated carbocycles. The number of aryl methyl sites for hydroxylation is 1. The second kappa shape index (κ2) is 8.21. The largest absolute Gasteiger partial charge is 0.377 e. The van der Waals surface area contributed by atoms with Crippen LogP contribution in [0.3, 0.4) is 0 Å². The lowest BCUT2D eigenvalue weighted by Crippen LogP contribution is -2.57. The van der Waals surface area contributed by atoms with Crippen LogP contribution in [0.25, 0.3) is 0 Å². The molecular weight excluding hydrogens is 458 g/mol. The fourth-order valence-corrected chi connectivity index (χ4v) is 4.86. The molecule has 2 atom stereocenters. The molecule has 4 rings (SSSR count). The van der Waals surface area contributed by atoms with E-state index < -0.39 is 46.4 Å². The smallest absolute Gasteiger partial charge is 0.323 e. The minimum atomic E-state index is -4.02. The number of alkyl halides is 2. The van der Waals surface area contributed by atoms with Crippen LogP contribution in [-0.2, 0) is 11.0 Å². The van der Waals surface area contributed by atoms with E-state index in [-0.39, 0.29) is 13.2 Å². The number of nitrogens with zero attached hydrogens (tertiary/aromatic N) is 5. The number of allylic oxidation sites excluding steroid dienone is 1. The van der Waals surface area contributed by atoms with Gasteiger partial charge in [-0.05, 0) is 44.2 Å². The number of benzene rings is 1. The molecule has 33 heavy (non-hydrogen) atoms. The second-order valence-electron chi connectivity index (χ2n) is 8.56. The number of rotatable bonds is 6. The molecule has 1 aromatic carbocycles. The Balaban J connectivity index is 1.71. The zero-order chi connectivity index (χ0) is 24.0. The van der Waals surface area contributed by atoms with Gasteiger partial charge in [0.2, 0.25) is 0 Å². The zero-order valence-electron chi connectivity index (χ0n) is 18.3. The fourth-order valence-electron chi connectivity index (χ4n) is 3.88. The lowest BCUT2D eigenvalue weighted by atomic mass is 9.80. The molecule has 1 N–H and O–H groups in total. The average molecular weight is 482 g/mol. The molecule has 1 aromatic heterocycles. The maximum atomic E-state index is 15.9. The van der Waals surface area contributed by atoms with Crippen molar-refractivity contribution in [3.05, 3.63) is 69.4 Å². The van der Waals surface area contributed by atoms with E-state index in [2.05, 4.69) is 15.4 Å². The molecule has 0 amide bonds. The molecule has 176 valence electrons. The van der Waals surface area contributed by atoms with E-state index in [4.69, 9.17) is 0 Å². The van der Waals surface area contributed by atoms with Crippen molar-refractivity contribution in [3.8, 4) is 0 Å². The van der Waals surface area contributed by atoms with Crippen LogP contribution in [0.5, 0.6) is 0 Å². The SMILES string of the molecule is Cc1ccc(C2(C)C=CC(C(F)(F)C(O)(CN3CN(C)N=N3)c3ccc(F)cc3F)=NC2)s1. The Morgan fingerprint density at radius 1 is 1.18 bits per heavy atom. The highest BCUT2D eigenvalue weighted by molar-refractivity contribution is 7.12. The van der Waals surface area contributed by atoms with Gasteiger partial charge in [0.25, 0.3) is 0 Å². The van der Waals surface area contributed by atoms with Crippen molar-refractivity contribution < 1.29 is 22.7 Å². The van der Waals surface area contributed by atoms with Crippen LogP contribution in [-0.4, -0.2) is 53.6 Å². The first kappa shape index (κ1) is 23.4. The van der Waals surface area contributed by atoms with Crippen LogP contribution in [0.4, 0.5) is 17.6 Å². The molecule has 0 spiro atoms. The van der Waals surface area contributed by atoms with Gasteiger partial charge in [0.1, 0.15) is 24.0 Å². The summed E-state index contributed by atoms with van der Waals surface area (Å²) in [5.74, 6) is -6.26. The summed E-state index contributed by atoms with van der Waals surface area (Å²) >= 11 is 1.55. The van der Waals surface area contributed by atoms with Gasteiger partial charge < -0.3 is 5.11 Å². The van der Waals surface area contributed by atoms with Crippen molar-refractivity contribution in [2.75, 3.05) is 26.8 Å². The lowest BCUT2D eigenvalue weighted by Gasteiger charge is -2.39. The van der Waals surface area contributed by atoms with Crippen LogP contribution in [0, 0.1) is 18.6 Å². The summed E-state index contributed by atoms with van der Waals surface area (Å²) in [4.78, 5) is 6.18. The van der Waals surface area contributed by atoms with Crippen molar-refractivity contribution in [2.45, 2.75) is 30.8 Å². The van der Waals surface area contributed by atoms with Gasteiger partial charge >= 0.3 is 5.92 Å². The Hall–Kier alpha value is -2.79. The summed E-state index contributed by atoms with van der Waals surface area (Å²) in [5.41, 5.74) is -5.12. The molecule has 0 saturated heterocycles. The Bertz CT molecular complexity index is 1150. The predicted octanol–water partition coefficient (Wildman–Crippen LogP) is 4.61. The molecular formula is C22H23F4N5OS. The van der Waals surface area contributed by atoms with Crippen LogP contribution in [0.1, 0.15) is 22.2 Å². The summed E-state index contributed by atoms with van der Waals surface area (Å²) in [7, 11) is 1.57. The van der Waals surface area contributed by atoms with Crippen molar-refractivity contribution in [1.82, 2.24) is 10.0 Å². The summed E-state index contributed by atoms with van der Waals surface area (Å²) in [6.45, 7) is 3.10. The highest BCUT2D eigenvalue weighted by Crippen LogP contribution is 2.44. The topological polar surface area (TPSA) is 63.8 Å². The summed E-state index contributed by atoms with van der Waals surface area (Å²) in [5, 5.41) is 21.2. The van der Waals surface area contributed by atoms with Crippen molar-refractivity contribution >= 4 is 17.0 Å². The van der Waals surface area contributed by atoms with E-state index in [9.17, 15) is 13.9 Å². The first-order valence-electron chi connectivity index (χ1n) is 10.2. The Morgan fingerprint density at radius 3 is 2.48 bits per heavy atom. The highest BCUT2D eigenvalue weighted by atomic mass is 32.1. The summed E-state index contributed by atoms with van der Waals surface area (Å²) in [6.07, 6.45) is 2.79. The molecule has 6 nitrogen and oxygen atoms in total. The monoisotopic (exact) mass is 481 g/mol. The van der Waals surface area contributed by atoms with Crippen molar-refractivity contribution in [3.63, 3.8) is 0 Å². The number of hydrogen-bond donors (Lipinski definition) is 1. The number of aliphatic imine (C=N–C) groups is 1. The first-order chi connectivity index (χ1) is 15.4. The van der Waals surface area contributed by atoms with Gasteiger partial charge in [-0.15, -0.1) is 11.3 Å². The Morgan fingerprint density at radius 2 is 1.94 bits per heavy atom. The van der Waals surface area contributed by atoms with Gasteiger partial charge in [0, 0.05) is 33.8 Å². The lowest BCUT2D eigenvalue weighted by molar-refractivity contribution is -0.156. The third kappa shape index (κ3) is 4.15. The van der Waals surface area contributed by atoms with E-state index in [1.54, 1.807) is 24.5 Å². The molecule has 0 bridgehead atoms. The van der Waals surface area contributed by atoms with Crippen LogP contribution < -0.4 is 0 Å². The van der Waals surface area contributed by atoms with E-state index >= 15 is 8.78 Å². The molecule has 2 aliphatic heterocycles. The number of aliphatic hydroxyl groups is 1. The third-order valence-electron chi connectivity index (χ3n) is 5.81. The molecule has 11 heteroatoms. The van der Waals surface area contributed by atoms with Gasteiger partial charge in [-0.1, -0.05) is 16.5 Å². The summed E-state index contributed by atoms with van der Waals surface area (Å²) < 4.78 is 60.0. The second-order valence-corrected chi connectivity index (χ2v) is 9.85. The number of thiophene rings is 1. The number of halogens is 4. The molecule has 0 aliphatic carbocycles. The third-order valence-corrected chi connectivity index (χ3v) is 7.09. The minimum absolute atomic E-state index is 0.0132. The van der Waals surface area contributed by atoms with Gasteiger partial charge in [-0.25, -0.2) is 8.78 Å². The average Bonchev–Trinajstić information content (AvgIpc) is 3.36. The van der Waals surface area contributed by atoms with E-state index in [0.29, 0.717) is 6.07 Å².